The van der Waals surface area contributed by atoms with Gasteiger partial charge in [0, 0.05) is 13.6 Å². The number of carbonyl (C=O) groups is 1. The van der Waals surface area contributed by atoms with Crippen molar-refractivity contribution < 1.29 is 22.0 Å². The molecule has 0 heterocycles. The Morgan fingerprint density at radius 1 is 1.40 bits per heavy atom. The highest BCUT2D eigenvalue weighted by molar-refractivity contribution is 7.89. The number of nitrogens with zero attached hydrogens (tertiary/aromatic N) is 1. The molecule has 1 aromatic rings. The second kappa shape index (κ2) is 5.10. The third kappa shape index (κ3) is 2.96. The molecule has 0 aromatic heterocycles. The van der Waals surface area contributed by atoms with Crippen molar-refractivity contribution in [2.45, 2.75) is 17.7 Å². The number of halogens is 2. The van der Waals surface area contributed by atoms with Gasteiger partial charge in [0.25, 0.3) is 5.91 Å². The Morgan fingerprint density at radius 2 is 2.00 bits per heavy atom. The Kier molecular flexibility index (Phi) is 3.79. The summed E-state index contributed by atoms with van der Waals surface area (Å²) in [5.41, 5.74) is -0.889. The fourth-order valence-corrected chi connectivity index (χ4v) is 2.52. The maximum absolute atomic E-state index is 14.0. The van der Waals surface area contributed by atoms with Crippen LogP contribution in [0, 0.1) is 17.6 Å². The monoisotopic (exact) mass is 304 g/mol. The fraction of sp³-hybridized carbons (Fsp3) is 0.417. The van der Waals surface area contributed by atoms with Crippen LogP contribution in [0.2, 0.25) is 0 Å². The van der Waals surface area contributed by atoms with Crippen LogP contribution in [0.25, 0.3) is 0 Å². The maximum Gasteiger partial charge on any atom is 0.259 e. The molecule has 110 valence electrons. The molecule has 0 bridgehead atoms. The number of rotatable bonds is 4. The van der Waals surface area contributed by atoms with Gasteiger partial charge in [-0.3, -0.25) is 4.79 Å². The highest BCUT2D eigenvalue weighted by atomic mass is 32.2. The van der Waals surface area contributed by atoms with E-state index >= 15 is 0 Å². The molecule has 0 aliphatic heterocycles. The van der Waals surface area contributed by atoms with E-state index in [9.17, 15) is 22.0 Å². The number of nitrogens with two attached hydrogens (primary N) is 1. The summed E-state index contributed by atoms with van der Waals surface area (Å²) in [7, 11) is -2.94. The van der Waals surface area contributed by atoms with Gasteiger partial charge in [0.1, 0.15) is 16.3 Å². The van der Waals surface area contributed by atoms with Crippen molar-refractivity contribution in [2.75, 3.05) is 13.6 Å². The molecule has 8 heteroatoms. The molecule has 0 spiro atoms. The molecule has 0 atom stereocenters. The largest absolute Gasteiger partial charge is 0.341 e. The van der Waals surface area contributed by atoms with Crippen LogP contribution in [-0.2, 0) is 10.0 Å². The zero-order valence-corrected chi connectivity index (χ0v) is 11.6. The van der Waals surface area contributed by atoms with E-state index in [1.807, 2.05) is 0 Å². The molecule has 5 nitrogen and oxygen atoms in total. The zero-order chi connectivity index (χ0) is 15.1. The quantitative estimate of drug-likeness (QED) is 0.904. The molecule has 1 aliphatic rings. The molecule has 2 rings (SSSR count). The van der Waals surface area contributed by atoms with Crippen LogP contribution in [0.15, 0.2) is 17.0 Å². The van der Waals surface area contributed by atoms with E-state index in [1.54, 1.807) is 0 Å². The Labute approximate surface area is 115 Å². The first-order valence-electron chi connectivity index (χ1n) is 5.98. The predicted molar refractivity (Wildman–Crippen MR) is 67.4 cm³/mol. The van der Waals surface area contributed by atoms with Crippen LogP contribution >= 0.6 is 0 Å². The van der Waals surface area contributed by atoms with E-state index in [0.29, 0.717) is 18.5 Å². The van der Waals surface area contributed by atoms with Gasteiger partial charge in [-0.1, -0.05) is 0 Å². The Balaban J connectivity index is 2.41. The van der Waals surface area contributed by atoms with Crippen LogP contribution in [0.1, 0.15) is 23.2 Å². The lowest BCUT2D eigenvalue weighted by atomic mass is 10.1. The van der Waals surface area contributed by atoms with Crippen molar-refractivity contribution in [3.05, 3.63) is 29.3 Å². The number of sulfonamides is 1. The average molecular weight is 304 g/mol. The fourth-order valence-electron chi connectivity index (χ4n) is 1.91. The second-order valence-corrected chi connectivity index (χ2v) is 6.44. The van der Waals surface area contributed by atoms with Gasteiger partial charge in [-0.2, -0.15) is 0 Å². The molecule has 0 unspecified atom stereocenters. The predicted octanol–water partition coefficient (Wildman–Crippen LogP) is 1.09. The third-order valence-corrected chi connectivity index (χ3v) is 4.08. The SMILES string of the molecule is CN(CC1CC1)C(=O)c1c(F)ccc(S(N)(=O)=O)c1F. The first kappa shape index (κ1) is 14.9. The molecule has 2 N–H and O–H groups in total. The van der Waals surface area contributed by atoms with E-state index in [4.69, 9.17) is 5.14 Å². The van der Waals surface area contributed by atoms with Crippen molar-refractivity contribution in [1.82, 2.24) is 4.90 Å². The zero-order valence-electron chi connectivity index (χ0n) is 10.8. The first-order chi connectivity index (χ1) is 9.21. The van der Waals surface area contributed by atoms with E-state index in [0.717, 1.165) is 18.9 Å². The number of hydrogen-bond donors (Lipinski definition) is 1. The van der Waals surface area contributed by atoms with Crippen molar-refractivity contribution in [3.8, 4) is 0 Å². The minimum atomic E-state index is -4.36. The lowest BCUT2D eigenvalue weighted by Crippen LogP contribution is -2.31. The van der Waals surface area contributed by atoms with Crippen molar-refractivity contribution >= 4 is 15.9 Å². The van der Waals surface area contributed by atoms with Gasteiger partial charge in [-0.25, -0.2) is 22.3 Å². The molecular formula is C12H14F2N2O3S. The average Bonchev–Trinajstić information content (AvgIpc) is 3.10. The summed E-state index contributed by atoms with van der Waals surface area (Å²) in [6.45, 7) is 0.386. The molecule has 1 aromatic carbocycles. The van der Waals surface area contributed by atoms with Crippen LogP contribution in [0.5, 0.6) is 0 Å². The van der Waals surface area contributed by atoms with Crippen molar-refractivity contribution in [1.29, 1.82) is 0 Å². The summed E-state index contributed by atoms with van der Waals surface area (Å²) in [6, 6.07) is 1.43. The van der Waals surface area contributed by atoms with E-state index in [1.165, 1.54) is 11.9 Å². The van der Waals surface area contributed by atoms with Gasteiger partial charge in [0.05, 0.1) is 0 Å². The Morgan fingerprint density at radius 3 is 2.50 bits per heavy atom. The van der Waals surface area contributed by atoms with Crippen LogP contribution in [0.4, 0.5) is 8.78 Å². The Hall–Kier alpha value is -1.54. The second-order valence-electron chi connectivity index (χ2n) is 4.91. The molecule has 1 amide bonds. The minimum absolute atomic E-state index is 0.344. The lowest BCUT2D eigenvalue weighted by molar-refractivity contribution is 0.0778. The minimum Gasteiger partial charge on any atom is -0.341 e. The van der Waals surface area contributed by atoms with Gasteiger partial charge in [0.2, 0.25) is 10.0 Å². The van der Waals surface area contributed by atoms with Crippen LogP contribution in [0.3, 0.4) is 0 Å². The van der Waals surface area contributed by atoms with Gasteiger partial charge in [-0.05, 0) is 30.9 Å². The number of benzene rings is 1. The van der Waals surface area contributed by atoms with Crippen LogP contribution in [-0.4, -0.2) is 32.8 Å². The van der Waals surface area contributed by atoms with Crippen molar-refractivity contribution in [2.24, 2.45) is 11.1 Å². The third-order valence-electron chi connectivity index (χ3n) is 3.15. The summed E-state index contributed by atoms with van der Waals surface area (Å²) < 4.78 is 50.1. The summed E-state index contributed by atoms with van der Waals surface area (Å²) in [5, 5.41) is 4.83. The molecule has 1 fully saturated rings. The molecule has 1 aliphatic carbocycles. The molecular weight excluding hydrogens is 290 g/mol. The Bertz CT molecular complexity index is 657. The van der Waals surface area contributed by atoms with E-state index in [-0.39, 0.29) is 0 Å². The topological polar surface area (TPSA) is 80.5 Å². The number of carbonyl (C=O) groups excluding carboxylic acids is 1. The number of hydrogen-bond acceptors (Lipinski definition) is 3. The standard InChI is InChI=1S/C12H14F2N2O3S/c1-16(6-7-2-3-7)12(17)10-8(13)4-5-9(11(10)14)20(15,18)19/h4-5,7H,2-3,6H2,1H3,(H2,15,18,19). The molecule has 1 saturated carbocycles. The van der Waals surface area contributed by atoms with Gasteiger partial charge >= 0.3 is 0 Å². The molecule has 0 radical (unpaired) electrons. The normalized spacial score (nSPS) is 15.2. The number of primary sulfonamides is 1. The first-order valence-corrected chi connectivity index (χ1v) is 7.52. The highest BCUT2D eigenvalue weighted by Crippen LogP contribution is 2.30. The molecule has 20 heavy (non-hydrogen) atoms. The maximum atomic E-state index is 14.0. The summed E-state index contributed by atoms with van der Waals surface area (Å²) >= 11 is 0. The highest BCUT2D eigenvalue weighted by Gasteiger charge is 2.30. The summed E-state index contributed by atoms with van der Waals surface area (Å²) in [6.07, 6.45) is 1.94. The van der Waals surface area contributed by atoms with Gasteiger partial charge < -0.3 is 4.90 Å². The van der Waals surface area contributed by atoms with E-state index < -0.39 is 38.0 Å². The van der Waals surface area contributed by atoms with Crippen molar-refractivity contribution in [3.63, 3.8) is 0 Å². The van der Waals surface area contributed by atoms with Gasteiger partial charge in [0.15, 0.2) is 5.82 Å². The summed E-state index contributed by atoms with van der Waals surface area (Å²) in [5.74, 6) is -3.10. The molecule has 0 saturated heterocycles. The van der Waals surface area contributed by atoms with Crippen LogP contribution < -0.4 is 5.14 Å². The number of amides is 1. The van der Waals surface area contributed by atoms with Gasteiger partial charge in [-0.15, -0.1) is 0 Å². The lowest BCUT2D eigenvalue weighted by Gasteiger charge is -2.18. The van der Waals surface area contributed by atoms with E-state index in [2.05, 4.69) is 0 Å². The summed E-state index contributed by atoms with van der Waals surface area (Å²) in [4.78, 5) is 12.3. The smallest absolute Gasteiger partial charge is 0.259 e.